The van der Waals surface area contributed by atoms with Crippen LogP contribution in [-0.4, -0.2) is 71.8 Å². The van der Waals surface area contributed by atoms with Gasteiger partial charge in [0.2, 0.25) is 5.91 Å². The molecular weight excluding hydrogens is 424 g/mol. The van der Waals surface area contributed by atoms with Crippen LogP contribution in [0, 0.1) is 4.91 Å². The van der Waals surface area contributed by atoms with Crippen LogP contribution in [0.25, 0.3) is 0 Å². The van der Waals surface area contributed by atoms with Gasteiger partial charge in [-0.3, -0.25) is 13.8 Å². The number of carbonyl (C=O) groups is 3. The SMILES string of the molecule is COC(=O)[C@@H]1N2C(=O)[C@@H](N3C(=O)[C@H](c4ccccc4)N(N=O)C3(C)C)[C@H]2[S@@](=O)C1(C)C. The molecule has 1 aromatic carbocycles. The largest absolute Gasteiger partial charge is 0.467 e. The van der Waals surface area contributed by atoms with Crippen molar-refractivity contribution < 1.29 is 23.3 Å². The van der Waals surface area contributed by atoms with E-state index in [1.165, 1.54) is 16.9 Å². The molecule has 3 heterocycles. The van der Waals surface area contributed by atoms with Crippen molar-refractivity contribution in [2.45, 2.75) is 61.6 Å². The van der Waals surface area contributed by atoms with Gasteiger partial charge in [0.15, 0.2) is 6.04 Å². The lowest BCUT2D eigenvalue weighted by Gasteiger charge is -2.50. The van der Waals surface area contributed by atoms with E-state index in [1.807, 2.05) is 0 Å². The second-order valence-corrected chi connectivity index (χ2v) is 11.0. The van der Waals surface area contributed by atoms with Crippen LogP contribution < -0.4 is 0 Å². The Bertz CT molecular complexity index is 997. The standard InChI is InChI=1S/C20H24N4O6S/c1-19(2)14(18(27)30-5)22-15(25)13(17(22)31(19)29)23-16(26)12(11-9-7-6-8-10-11)24(21-28)20(23,3)4/h6-10,12-14,17H,1-5H3/t12-,13+,14-,17+,31+/m0/s1. The highest BCUT2D eigenvalue weighted by Crippen LogP contribution is 2.50. The number of esters is 1. The van der Waals surface area contributed by atoms with Crippen LogP contribution in [-0.2, 0) is 29.9 Å². The summed E-state index contributed by atoms with van der Waals surface area (Å²) in [6, 6.07) is 5.59. The van der Waals surface area contributed by atoms with Crippen molar-refractivity contribution in [1.82, 2.24) is 14.8 Å². The second kappa shape index (κ2) is 6.84. The van der Waals surface area contributed by atoms with Crippen molar-refractivity contribution in [2.75, 3.05) is 7.11 Å². The number of amides is 2. The lowest BCUT2D eigenvalue weighted by Crippen LogP contribution is -2.74. The molecule has 11 heteroatoms. The van der Waals surface area contributed by atoms with E-state index < -0.39 is 62.5 Å². The molecule has 0 spiro atoms. The monoisotopic (exact) mass is 448 g/mol. The van der Waals surface area contributed by atoms with Crippen molar-refractivity contribution in [1.29, 1.82) is 0 Å². The van der Waals surface area contributed by atoms with E-state index in [2.05, 4.69) is 5.29 Å². The molecule has 0 radical (unpaired) electrons. The van der Waals surface area contributed by atoms with Crippen LogP contribution in [0.4, 0.5) is 0 Å². The summed E-state index contributed by atoms with van der Waals surface area (Å²) >= 11 is 0. The number of β-lactam (4-membered cyclic amide) rings is 1. The molecule has 166 valence electrons. The van der Waals surface area contributed by atoms with Crippen LogP contribution >= 0.6 is 0 Å². The first-order chi connectivity index (χ1) is 14.5. The van der Waals surface area contributed by atoms with E-state index >= 15 is 0 Å². The first-order valence-corrected chi connectivity index (χ1v) is 11.0. The molecule has 0 bridgehead atoms. The molecule has 10 nitrogen and oxygen atoms in total. The number of benzene rings is 1. The van der Waals surface area contributed by atoms with E-state index in [0.717, 1.165) is 5.01 Å². The van der Waals surface area contributed by atoms with E-state index in [4.69, 9.17) is 4.74 Å². The summed E-state index contributed by atoms with van der Waals surface area (Å²) in [4.78, 5) is 53.4. The van der Waals surface area contributed by atoms with Crippen molar-refractivity contribution in [3.8, 4) is 0 Å². The molecule has 0 aliphatic carbocycles. The fourth-order valence-electron chi connectivity index (χ4n) is 4.94. The number of fused-ring (bicyclic) bond motifs is 1. The average Bonchev–Trinajstić information content (AvgIpc) is 3.05. The minimum Gasteiger partial charge on any atom is -0.467 e. The van der Waals surface area contributed by atoms with Gasteiger partial charge in [-0.05, 0) is 33.3 Å². The molecule has 5 atom stereocenters. The van der Waals surface area contributed by atoms with Gasteiger partial charge in [0, 0.05) is 0 Å². The molecule has 3 aliphatic heterocycles. The molecule has 0 N–H and O–H groups in total. The zero-order valence-corrected chi connectivity index (χ0v) is 18.7. The summed E-state index contributed by atoms with van der Waals surface area (Å²) in [5.41, 5.74) is -0.685. The topological polar surface area (TPSA) is 117 Å². The molecule has 1 aromatic rings. The van der Waals surface area contributed by atoms with Gasteiger partial charge in [-0.2, -0.15) is 0 Å². The van der Waals surface area contributed by atoms with Gasteiger partial charge >= 0.3 is 5.97 Å². The number of hydrogen-bond donors (Lipinski definition) is 0. The number of nitroso groups, excluding NO2 is 1. The predicted octanol–water partition coefficient (Wildman–Crippen LogP) is 0.909. The van der Waals surface area contributed by atoms with E-state index in [-0.39, 0.29) is 0 Å². The third-order valence-electron chi connectivity index (χ3n) is 6.50. The molecule has 0 unspecified atom stereocenters. The first kappa shape index (κ1) is 21.4. The highest BCUT2D eigenvalue weighted by molar-refractivity contribution is 7.87. The number of nitrogens with zero attached hydrogens (tertiary/aromatic N) is 4. The zero-order chi connectivity index (χ0) is 22.9. The summed E-state index contributed by atoms with van der Waals surface area (Å²) in [7, 11) is -0.444. The minimum absolute atomic E-state index is 0.481. The Balaban J connectivity index is 1.76. The molecule has 0 saturated carbocycles. The Morgan fingerprint density at radius 3 is 2.26 bits per heavy atom. The van der Waals surface area contributed by atoms with Gasteiger partial charge in [0.25, 0.3) is 5.91 Å². The predicted molar refractivity (Wildman–Crippen MR) is 110 cm³/mol. The molecule has 0 aromatic heterocycles. The maximum absolute atomic E-state index is 13.5. The van der Waals surface area contributed by atoms with Gasteiger partial charge in [0.1, 0.15) is 23.1 Å². The summed E-state index contributed by atoms with van der Waals surface area (Å²) in [6.07, 6.45) is 0. The summed E-state index contributed by atoms with van der Waals surface area (Å²) in [5, 5.41) is 3.35. The Hall–Kier alpha value is -2.82. The fourth-order valence-corrected chi connectivity index (χ4v) is 6.90. The van der Waals surface area contributed by atoms with Crippen LogP contribution in [0.5, 0.6) is 0 Å². The highest BCUT2D eigenvalue weighted by Gasteiger charge is 2.72. The molecule has 4 rings (SSSR count). The van der Waals surface area contributed by atoms with E-state index in [1.54, 1.807) is 58.0 Å². The van der Waals surface area contributed by atoms with Gasteiger partial charge in [0.05, 0.1) is 27.9 Å². The lowest BCUT2D eigenvalue weighted by molar-refractivity contribution is -0.173. The normalized spacial score (nSPS) is 33.2. The summed E-state index contributed by atoms with van der Waals surface area (Å²) in [5.74, 6) is -1.64. The third kappa shape index (κ3) is 2.61. The summed E-state index contributed by atoms with van der Waals surface area (Å²) < 4.78 is 17.1. The molecule has 31 heavy (non-hydrogen) atoms. The number of carbonyl (C=O) groups excluding carboxylic acids is 3. The van der Waals surface area contributed by atoms with Gasteiger partial charge in [-0.25, -0.2) is 9.80 Å². The number of hydrogen-bond acceptors (Lipinski definition) is 7. The lowest BCUT2D eigenvalue weighted by atomic mass is 9.94. The molecule has 3 saturated heterocycles. The van der Waals surface area contributed by atoms with Crippen LogP contribution in [0.3, 0.4) is 0 Å². The zero-order valence-electron chi connectivity index (χ0n) is 17.8. The first-order valence-electron chi connectivity index (χ1n) is 9.83. The van der Waals surface area contributed by atoms with Gasteiger partial charge in [-0.15, -0.1) is 4.91 Å². The molecular formula is C20H24N4O6S. The number of rotatable bonds is 4. The van der Waals surface area contributed by atoms with Crippen LogP contribution in [0.2, 0.25) is 0 Å². The Labute approximate surface area is 181 Å². The Morgan fingerprint density at radius 2 is 1.71 bits per heavy atom. The average molecular weight is 449 g/mol. The quantitative estimate of drug-likeness (QED) is 0.382. The molecule has 2 amide bonds. The van der Waals surface area contributed by atoms with E-state index in [9.17, 15) is 23.5 Å². The second-order valence-electron chi connectivity index (χ2n) is 8.85. The third-order valence-corrected chi connectivity index (χ3v) is 8.68. The fraction of sp³-hybridized carbons (Fsp3) is 0.550. The maximum atomic E-state index is 13.5. The minimum atomic E-state index is -1.65. The summed E-state index contributed by atoms with van der Waals surface area (Å²) in [6.45, 7) is 6.50. The van der Waals surface area contributed by atoms with E-state index in [0.29, 0.717) is 5.56 Å². The number of methoxy groups -OCH3 is 1. The van der Waals surface area contributed by atoms with Crippen LogP contribution in [0.15, 0.2) is 35.6 Å². The van der Waals surface area contributed by atoms with Crippen LogP contribution in [0.1, 0.15) is 39.3 Å². The Morgan fingerprint density at radius 1 is 1.10 bits per heavy atom. The van der Waals surface area contributed by atoms with Crippen molar-refractivity contribution >= 4 is 28.6 Å². The van der Waals surface area contributed by atoms with Gasteiger partial charge < -0.3 is 14.5 Å². The van der Waals surface area contributed by atoms with Gasteiger partial charge in [-0.1, -0.05) is 30.3 Å². The highest BCUT2D eigenvalue weighted by atomic mass is 32.2. The Kier molecular flexibility index (Phi) is 4.73. The van der Waals surface area contributed by atoms with Crippen molar-refractivity contribution in [3.63, 3.8) is 0 Å². The molecule has 3 fully saturated rings. The van der Waals surface area contributed by atoms with Crippen molar-refractivity contribution in [2.24, 2.45) is 5.29 Å². The van der Waals surface area contributed by atoms with Crippen molar-refractivity contribution in [3.05, 3.63) is 40.8 Å². The smallest absolute Gasteiger partial charge is 0.330 e. The number of ether oxygens (including phenoxy) is 1. The maximum Gasteiger partial charge on any atom is 0.330 e. The molecule has 3 aliphatic rings.